The minimum atomic E-state index is -0.194. The summed E-state index contributed by atoms with van der Waals surface area (Å²) in [4.78, 5) is 0. The lowest BCUT2D eigenvalue weighted by molar-refractivity contribution is 0.265. The smallest absolute Gasteiger partial charge is 0.122 e. The fourth-order valence-electron chi connectivity index (χ4n) is 1.45. The lowest BCUT2D eigenvalue weighted by Gasteiger charge is -2.13. The Bertz CT molecular complexity index is 299. The lowest BCUT2D eigenvalue weighted by Crippen LogP contribution is -2.27. The first-order chi connectivity index (χ1) is 6.69. The molecular formula is C11H17NO2. The van der Waals surface area contributed by atoms with Gasteiger partial charge in [0.15, 0.2) is 0 Å². The van der Waals surface area contributed by atoms with E-state index in [-0.39, 0.29) is 12.6 Å². The molecule has 3 nitrogen and oxygen atoms in total. The normalized spacial score (nSPS) is 12.6. The quantitative estimate of drug-likeness (QED) is 0.749. The Morgan fingerprint density at radius 2 is 2.21 bits per heavy atom. The van der Waals surface area contributed by atoms with E-state index >= 15 is 0 Å². The molecule has 1 aromatic carbocycles. The van der Waals surface area contributed by atoms with Crippen molar-refractivity contribution < 1.29 is 9.84 Å². The summed E-state index contributed by atoms with van der Waals surface area (Å²) in [6, 6.07) is 5.67. The Kier molecular flexibility index (Phi) is 3.92. The maximum absolute atomic E-state index is 8.86. The van der Waals surface area contributed by atoms with Crippen LogP contribution in [0.4, 0.5) is 0 Å². The molecule has 1 aromatic rings. The van der Waals surface area contributed by atoms with Gasteiger partial charge in [0.1, 0.15) is 5.75 Å². The average Bonchev–Trinajstić information content (AvgIpc) is 2.21. The molecule has 3 heteroatoms. The van der Waals surface area contributed by atoms with E-state index in [4.69, 9.17) is 15.6 Å². The van der Waals surface area contributed by atoms with Gasteiger partial charge >= 0.3 is 0 Å². The van der Waals surface area contributed by atoms with Gasteiger partial charge < -0.3 is 15.6 Å². The fourth-order valence-corrected chi connectivity index (χ4v) is 1.45. The third-order valence-corrected chi connectivity index (χ3v) is 2.33. The van der Waals surface area contributed by atoms with Gasteiger partial charge in [0.25, 0.3) is 0 Å². The van der Waals surface area contributed by atoms with E-state index < -0.39 is 0 Å². The van der Waals surface area contributed by atoms with E-state index in [9.17, 15) is 0 Å². The van der Waals surface area contributed by atoms with Gasteiger partial charge in [-0.3, -0.25) is 0 Å². The lowest BCUT2D eigenvalue weighted by atomic mass is 10.0. The Morgan fingerprint density at radius 3 is 2.79 bits per heavy atom. The molecule has 0 fully saturated rings. The van der Waals surface area contributed by atoms with Crippen molar-refractivity contribution in [3.05, 3.63) is 29.3 Å². The number of aliphatic hydroxyl groups is 1. The predicted octanol–water partition coefficient (Wildman–Crippen LogP) is 0.866. The van der Waals surface area contributed by atoms with Gasteiger partial charge in [-0.25, -0.2) is 0 Å². The summed E-state index contributed by atoms with van der Waals surface area (Å²) in [5.41, 5.74) is 7.90. The van der Waals surface area contributed by atoms with Crippen molar-refractivity contribution in [1.29, 1.82) is 0 Å². The zero-order valence-electron chi connectivity index (χ0n) is 8.66. The third kappa shape index (κ3) is 2.47. The number of benzene rings is 1. The molecule has 0 amide bonds. The molecule has 3 N–H and O–H groups in total. The van der Waals surface area contributed by atoms with Gasteiger partial charge in [-0.05, 0) is 30.5 Å². The molecule has 14 heavy (non-hydrogen) atoms. The zero-order chi connectivity index (χ0) is 10.6. The molecule has 1 rings (SSSR count). The van der Waals surface area contributed by atoms with Gasteiger partial charge in [0, 0.05) is 6.04 Å². The van der Waals surface area contributed by atoms with Gasteiger partial charge in [-0.2, -0.15) is 0 Å². The summed E-state index contributed by atoms with van der Waals surface area (Å²) in [6.07, 6.45) is 0.680. The van der Waals surface area contributed by atoms with Crippen LogP contribution in [-0.4, -0.2) is 24.9 Å². The maximum atomic E-state index is 8.86. The Morgan fingerprint density at radius 1 is 1.50 bits per heavy atom. The van der Waals surface area contributed by atoms with Crippen molar-refractivity contribution in [2.75, 3.05) is 13.7 Å². The molecule has 0 heterocycles. The highest BCUT2D eigenvalue weighted by molar-refractivity contribution is 5.39. The van der Waals surface area contributed by atoms with Crippen LogP contribution in [0.15, 0.2) is 18.2 Å². The van der Waals surface area contributed by atoms with E-state index in [1.54, 1.807) is 7.11 Å². The maximum Gasteiger partial charge on any atom is 0.122 e. The van der Waals surface area contributed by atoms with E-state index in [0.717, 1.165) is 16.9 Å². The van der Waals surface area contributed by atoms with Crippen molar-refractivity contribution in [3.63, 3.8) is 0 Å². The molecule has 0 bridgehead atoms. The van der Waals surface area contributed by atoms with E-state index in [2.05, 4.69) is 0 Å². The standard InChI is InChI=1S/C11H17NO2/c1-8-9(6-10(12)7-13)4-3-5-11(8)14-2/h3-5,10,13H,6-7,12H2,1-2H3. The third-order valence-electron chi connectivity index (χ3n) is 2.33. The highest BCUT2D eigenvalue weighted by Gasteiger charge is 2.07. The molecule has 0 saturated heterocycles. The van der Waals surface area contributed by atoms with Crippen molar-refractivity contribution in [1.82, 2.24) is 0 Å². The second-order valence-corrected chi connectivity index (χ2v) is 3.39. The minimum absolute atomic E-state index is 0.0106. The topological polar surface area (TPSA) is 55.5 Å². The van der Waals surface area contributed by atoms with Crippen LogP contribution in [-0.2, 0) is 6.42 Å². The molecule has 1 unspecified atom stereocenters. The molecule has 0 aliphatic carbocycles. The molecule has 0 aliphatic heterocycles. The summed E-state index contributed by atoms with van der Waals surface area (Å²) in [6.45, 7) is 2.01. The first-order valence-corrected chi connectivity index (χ1v) is 4.68. The van der Waals surface area contributed by atoms with Gasteiger partial charge in [0.05, 0.1) is 13.7 Å². The van der Waals surface area contributed by atoms with Crippen LogP contribution in [0, 0.1) is 6.92 Å². The predicted molar refractivity (Wildman–Crippen MR) is 56.5 cm³/mol. The van der Waals surface area contributed by atoms with Gasteiger partial charge in [-0.1, -0.05) is 12.1 Å². The molecule has 0 aliphatic rings. The summed E-state index contributed by atoms with van der Waals surface area (Å²) >= 11 is 0. The highest BCUT2D eigenvalue weighted by atomic mass is 16.5. The van der Waals surface area contributed by atoms with E-state index in [0.29, 0.717) is 6.42 Å². The van der Waals surface area contributed by atoms with Gasteiger partial charge in [0.2, 0.25) is 0 Å². The SMILES string of the molecule is COc1cccc(CC(N)CO)c1C. The molecule has 0 radical (unpaired) electrons. The highest BCUT2D eigenvalue weighted by Crippen LogP contribution is 2.21. The molecular weight excluding hydrogens is 178 g/mol. The van der Waals surface area contributed by atoms with Crippen LogP contribution in [0.3, 0.4) is 0 Å². The van der Waals surface area contributed by atoms with Crippen LogP contribution in [0.2, 0.25) is 0 Å². The van der Waals surface area contributed by atoms with Crippen LogP contribution >= 0.6 is 0 Å². The second kappa shape index (κ2) is 4.98. The largest absolute Gasteiger partial charge is 0.496 e. The van der Waals surface area contributed by atoms with E-state index in [1.165, 1.54) is 0 Å². The molecule has 0 saturated carbocycles. The first kappa shape index (κ1) is 11.0. The van der Waals surface area contributed by atoms with Crippen LogP contribution in [0.1, 0.15) is 11.1 Å². The summed E-state index contributed by atoms with van der Waals surface area (Å²) in [7, 11) is 1.65. The average molecular weight is 195 g/mol. The van der Waals surface area contributed by atoms with Crippen LogP contribution in [0.25, 0.3) is 0 Å². The minimum Gasteiger partial charge on any atom is -0.496 e. The summed E-state index contributed by atoms with van der Waals surface area (Å²) in [5.74, 6) is 0.868. The number of nitrogens with two attached hydrogens (primary N) is 1. The first-order valence-electron chi connectivity index (χ1n) is 4.68. The number of methoxy groups -OCH3 is 1. The molecule has 0 aromatic heterocycles. The zero-order valence-corrected chi connectivity index (χ0v) is 8.66. The fraction of sp³-hybridized carbons (Fsp3) is 0.455. The number of aliphatic hydroxyl groups excluding tert-OH is 1. The summed E-state index contributed by atoms with van der Waals surface area (Å²) < 4.78 is 5.20. The Hall–Kier alpha value is -1.06. The number of hydrogen-bond donors (Lipinski definition) is 2. The van der Waals surface area contributed by atoms with Crippen molar-refractivity contribution in [2.24, 2.45) is 5.73 Å². The monoisotopic (exact) mass is 195 g/mol. The molecule has 1 atom stereocenters. The summed E-state index contributed by atoms with van der Waals surface area (Å²) in [5, 5.41) is 8.86. The van der Waals surface area contributed by atoms with Crippen molar-refractivity contribution >= 4 is 0 Å². The second-order valence-electron chi connectivity index (χ2n) is 3.39. The van der Waals surface area contributed by atoms with E-state index in [1.807, 2.05) is 25.1 Å². The number of rotatable bonds is 4. The molecule has 0 spiro atoms. The van der Waals surface area contributed by atoms with Gasteiger partial charge in [-0.15, -0.1) is 0 Å². The van der Waals surface area contributed by atoms with Crippen molar-refractivity contribution in [3.8, 4) is 5.75 Å². The van der Waals surface area contributed by atoms with Crippen LogP contribution < -0.4 is 10.5 Å². The van der Waals surface area contributed by atoms with Crippen LogP contribution in [0.5, 0.6) is 5.75 Å². The van der Waals surface area contributed by atoms with Crippen molar-refractivity contribution in [2.45, 2.75) is 19.4 Å². The Labute approximate surface area is 84.5 Å². The number of hydrogen-bond acceptors (Lipinski definition) is 3. The molecule has 78 valence electrons. The Balaban J connectivity index is 2.86. The number of ether oxygens (including phenoxy) is 1.